The van der Waals surface area contributed by atoms with Crippen LogP contribution in [0, 0.1) is 0 Å². The zero-order valence-corrected chi connectivity index (χ0v) is 12.1. The van der Waals surface area contributed by atoms with Crippen molar-refractivity contribution in [2.45, 2.75) is 37.9 Å². The van der Waals surface area contributed by atoms with E-state index in [9.17, 15) is 14.4 Å². The lowest BCUT2D eigenvalue weighted by Gasteiger charge is -2.27. The third kappa shape index (κ3) is 3.78. The first kappa shape index (κ1) is 15.1. The molecule has 0 spiro atoms. The van der Waals surface area contributed by atoms with Crippen LogP contribution in [0.2, 0.25) is 0 Å². The Kier molecular flexibility index (Phi) is 4.50. The van der Waals surface area contributed by atoms with Crippen molar-refractivity contribution < 1.29 is 24.2 Å². The van der Waals surface area contributed by atoms with E-state index in [1.807, 2.05) is 0 Å². The first-order valence-electron chi connectivity index (χ1n) is 5.16. The molecule has 100 valence electrons. The summed E-state index contributed by atoms with van der Waals surface area (Å²) in [4.78, 5) is 33.9. The molecule has 0 aromatic heterocycles. The van der Waals surface area contributed by atoms with Crippen molar-refractivity contribution in [2.75, 3.05) is 0 Å². The van der Waals surface area contributed by atoms with E-state index in [1.165, 1.54) is 6.92 Å². The third-order valence-corrected chi connectivity index (χ3v) is 4.61. The molecule has 18 heavy (non-hydrogen) atoms. The number of hydrogen-bond acceptors (Lipinski definition) is 6. The lowest BCUT2D eigenvalue weighted by Crippen LogP contribution is -2.29. The van der Waals surface area contributed by atoms with Gasteiger partial charge in [0.25, 0.3) is 0 Å². The first-order valence-corrected chi connectivity index (χ1v) is 6.92. The van der Waals surface area contributed by atoms with Gasteiger partial charge in [0.2, 0.25) is 0 Å². The van der Waals surface area contributed by atoms with Crippen LogP contribution in [0.5, 0.6) is 0 Å². The average molecular weight is 290 g/mol. The van der Waals surface area contributed by atoms with Crippen molar-refractivity contribution in [2.24, 2.45) is 0 Å². The molecule has 0 amide bonds. The Balaban J connectivity index is 2.86. The Morgan fingerprint density at radius 3 is 2.06 bits per heavy atom. The molecule has 1 aliphatic heterocycles. The fourth-order valence-electron chi connectivity index (χ4n) is 1.12. The second kappa shape index (κ2) is 5.36. The van der Waals surface area contributed by atoms with E-state index in [2.05, 4.69) is 0 Å². The van der Waals surface area contributed by atoms with Crippen molar-refractivity contribution in [1.29, 1.82) is 0 Å². The van der Waals surface area contributed by atoms with Gasteiger partial charge in [-0.1, -0.05) is 23.5 Å². The van der Waals surface area contributed by atoms with E-state index >= 15 is 0 Å². The summed E-state index contributed by atoms with van der Waals surface area (Å²) in [5.41, 5.74) is -0.749. The van der Waals surface area contributed by atoms with Crippen molar-refractivity contribution in [3.63, 3.8) is 0 Å². The second-order valence-electron chi connectivity index (χ2n) is 4.63. The molecule has 1 fully saturated rings. The van der Waals surface area contributed by atoms with Gasteiger partial charge in [0.15, 0.2) is 10.4 Å². The van der Waals surface area contributed by atoms with Gasteiger partial charge in [-0.2, -0.15) is 0 Å². The van der Waals surface area contributed by atoms with Crippen LogP contribution in [0.25, 0.3) is 0 Å². The highest BCUT2D eigenvalue weighted by Gasteiger charge is 2.38. The highest BCUT2D eigenvalue weighted by atomic mass is 32.3. The predicted molar refractivity (Wildman–Crippen MR) is 70.2 cm³/mol. The first-order chi connectivity index (χ1) is 8.11. The van der Waals surface area contributed by atoms with E-state index in [1.54, 1.807) is 20.8 Å². The molecule has 0 atom stereocenters. The number of Topliss-reactive ketones (excluding diaryl/α,β-unsaturated/α-hetero) is 1. The highest BCUT2D eigenvalue weighted by Crippen LogP contribution is 2.52. The number of carbonyl (C=O) groups excluding carboxylic acids is 2. The number of thioether (sulfide) groups is 2. The van der Waals surface area contributed by atoms with Crippen molar-refractivity contribution in [1.82, 2.24) is 0 Å². The van der Waals surface area contributed by atoms with Crippen molar-refractivity contribution in [3.05, 3.63) is 9.81 Å². The Bertz CT molecular complexity index is 425. The maximum Gasteiger partial charge on any atom is 0.343 e. The minimum atomic E-state index is -0.971. The topological polar surface area (TPSA) is 80.7 Å². The molecular formula is C11H14O5S2. The number of hydrogen-bond donors (Lipinski definition) is 1. The molecule has 1 N–H and O–H groups in total. The van der Waals surface area contributed by atoms with Gasteiger partial charge in [0.05, 0.1) is 4.24 Å². The lowest BCUT2D eigenvalue weighted by atomic mass is 10.1. The van der Waals surface area contributed by atoms with Crippen LogP contribution in [-0.4, -0.2) is 33.0 Å². The van der Waals surface area contributed by atoms with Gasteiger partial charge in [0.1, 0.15) is 11.2 Å². The SMILES string of the molecule is CC(=O)C(C(=O)OC(C)(C)C)=C1SC(C(=O)O)S1. The maximum absolute atomic E-state index is 11.8. The molecule has 0 aromatic carbocycles. The van der Waals surface area contributed by atoms with Gasteiger partial charge in [-0.05, 0) is 27.7 Å². The summed E-state index contributed by atoms with van der Waals surface area (Å²) in [5, 5.41) is 8.73. The molecule has 1 saturated heterocycles. The van der Waals surface area contributed by atoms with Crippen LogP contribution in [0.3, 0.4) is 0 Å². The Hall–Kier alpha value is -0.950. The fraction of sp³-hybridized carbons (Fsp3) is 0.545. The van der Waals surface area contributed by atoms with E-state index in [-0.39, 0.29) is 5.57 Å². The van der Waals surface area contributed by atoms with Crippen LogP contribution < -0.4 is 0 Å². The summed E-state index contributed by atoms with van der Waals surface area (Å²) in [6.45, 7) is 6.37. The number of carbonyl (C=O) groups is 3. The molecule has 0 unspecified atom stereocenters. The van der Waals surface area contributed by atoms with Crippen molar-refractivity contribution >= 4 is 41.2 Å². The Morgan fingerprint density at radius 1 is 1.22 bits per heavy atom. The van der Waals surface area contributed by atoms with Gasteiger partial charge in [0, 0.05) is 0 Å². The van der Waals surface area contributed by atoms with Gasteiger partial charge < -0.3 is 9.84 Å². The standard InChI is InChI=1S/C11H14O5S2/c1-5(12)6(8(15)16-11(2,3)4)9-17-10(18-9)7(13)14/h10H,1-4H3,(H,13,14). The molecule has 0 bridgehead atoms. The number of ketones is 1. The third-order valence-electron chi connectivity index (χ3n) is 1.79. The zero-order valence-electron chi connectivity index (χ0n) is 10.5. The molecule has 7 heteroatoms. The second-order valence-corrected chi connectivity index (χ2v) is 7.41. The number of ether oxygens (including phenoxy) is 1. The van der Waals surface area contributed by atoms with Crippen LogP contribution in [0.4, 0.5) is 0 Å². The smallest absolute Gasteiger partial charge is 0.343 e. The number of carboxylic acids is 1. The Labute approximate surface area is 113 Å². The summed E-state index contributed by atoms with van der Waals surface area (Å²) in [6.07, 6.45) is 0. The quantitative estimate of drug-likeness (QED) is 0.368. The predicted octanol–water partition coefficient (Wildman–Crippen LogP) is 2.02. The minimum absolute atomic E-state index is 0.0579. The molecule has 0 aromatic rings. The summed E-state index contributed by atoms with van der Waals surface area (Å²) in [7, 11) is 0. The van der Waals surface area contributed by atoms with Gasteiger partial charge >= 0.3 is 11.9 Å². The van der Waals surface area contributed by atoms with Gasteiger partial charge in [-0.15, -0.1) is 0 Å². The van der Waals surface area contributed by atoms with Crippen LogP contribution >= 0.6 is 23.5 Å². The highest BCUT2D eigenvalue weighted by molar-refractivity contribution is 8.39. The molecule has 0 saturated carbocycles. The molecule has 0 aliphatic carbocycles. The van der Waals surface area contributed by atoms with Gasteiger partial charge in [-0.3, -0.25) is 9.59 Å². The number of rotatable bonds is 3. The molecule has 0 radical (unpaired) electrons. The largest absolute Gasteiger partial charge is 0.480 e. The number of esters is 1. The van der Waals surface area contributed by atoms with Crippen LogP contribution in [-0.2, 0) is 19.1 Å². The van der Waals surface area contributed by atoms with Crippen molar-refractivity contribution in [3.8, 4) is 0 Å². The lowest BCUT2D eigenvalue weighted by molar-refractivity contribution is -0.150. The zero-order chi connectivity index (χ0) is 14.1. The van der Waals surface area contributed by atoms with E-state index < -0.39 is 27.9 Å². The summed E-state index contributed by atoms with van der Waals surface area (Å²) < 4.78 is 4.89. The normalized spacial score (nSPS) is 18.9. The fourth-order valence-corrected chi connectivity index (χ4v) is 3.29. The summed E-state index contributed by atoms with van der Waals surface area (Å²) in [6, 6.07) is 0. The number of carboxylic acid groups (broad SMARTS) is 1. The van der Waals surface area contributed by atoms with E-state index in [0.29, 0.717) is 4.24 Å². The summed E-state index contributed by atoms with van der Waals surface area (Å²) in [5.74, 6) is -2.09. The molecule has 5 nitrogen and oxygen atoms in total. The van der Waals surface area contributed by atoms with Gasteiger partial charge in [-0.25, -0.2) is 4.79 Å². The molecule has 1 heterocycles. The van der Waals surface area contributed by atoms with E-state index in [4.69, 9.17) is 9.84 Å². The molecule has 1 rings (SSSR count). The van der Waals surface area contributed by atoms with Crippen LogP contribution in [0.15, 0.2) is 9.81 Å². The molecule has 1 aliphatic rings. The Morgan fingerprint density at radius 2 is 1.72 bits per heavy atom. The van der Waals surface area contributed by atoms with E-state index in [0.717, 1.165) is 23.5 Å². The minimum Gasteiger partial charge on any atom is -0.480 e. The van der Waals surface area contributed by atoms with Crippen LogP contribution in [0.1, 0.15) is 27.7 Å². The summed E-state index contributed by atoms with van der Waals surface area (Å²) >= 11 is 1.99. The molecular weight excluding hydrogens is 276 g/mol. The monoisotopic (exact) mass is 290 g/mol. The maximum atomic E-state index is 11.8. The number of aliphatic carboxylic acids is 1. The average Bonchev–Trinajstić information content (AvgIpc) is 2.04.